The molecule has 90 valence electrons. The van der Waals surface area contributed by atoms with Crippen LogP contribution in [0.2, 0.25) is 5.02 Å². The number of rotatable bonds is 2. The highest BCUT2D eigenvalue weighted by molar-refractivity contribution is 7.90. The van der Waals surface area contributed by atoms with Gasteiger partial charge in [-0.15, -0.1) is 5.10 Å². The van der Waals surface area contributed by atoms with E-state index in [1.54, 1.807) is 0 Å². The predicted octanol–water partition coefficient (Wildman–Crippen LogP) is 0.906. The van der Waals surface area contributed by atoms with Crippen molar-refractivity contribution in [3.8, 4) is 5.82 Å². The van der Waals surface area contributed by atoms with Crippen LogP contribution in [0, 0.1) is 0 Å². The average Bonchev–Trinajstić information content (AvgIpc) is 2.58. The Labute approximate surface area is 103 Å². The molecule has 8 heteroatoms. The Kier molecular flexibility index (Phi) is 2.80. The maximum atomic E-state index is 11.6. The lowest BCUT2D eigenvalue weighted by atomic mass is 10.4. The highest BCUT2D eigenvalue weighted by Crippen LogP contribution is 2.21. The maximum absolute atomic E-state index is 11.6. The summed E-state index contributed by atoms with van der Waals surface area (Å²) >= 11 is 5.76. The largest absolute Gasteiger partial charge is 0.381 e. The maximum Gasteiger partial charge on any atom is 0.179 e. The monoisotopic (exact) mass is 272 g/mol. The van der Waals surface area contributed by atoms with Crippen LogP contribution in [0.3, 0.4) is 0 Å². The van der Waals surface area contributed by atoms with Gasteiger partial charge in [0, 0.05) is 12.5 Å². The van der Waals surface area contributed by atoms with Gasteiger partial charge in [-0.05, 0) is 12.1 Å². The molecule has 2 N–H and O–H groups in total. The average molecular weight is 273 g/mol. The third-order valence-corrected chi connectivity index (χ3v) is 3.47. The second kappa shape index (κ2) is 4.01. The molecule has 0 unspecified atom stereocenters. The van der Waals surface area contributed by atoms with Crippen molar-refractivity contribution >= 4 is 27.3 Å². The zero-order chi connectivity index (χ0) is 12.6. The Morgan fingerprint density at radius 2 is 2.18 bits per heavy atom. The molecule has 0 bridgehead atoms. The summed E-state index contributed by atoms with van der Waals surface area (Å²) in [6.45, 7) is 0. The number of nitrogen functional groups attached to an aromatic ring is 1. The summed E-state index contributed by atoms with van der Waals surface area (Å²) in [4.78, 5) is 4.05. The summed E-state index contributed by atoms with van der Waals surface area (Å²) in [7, 11) is -3.39. The fourth-order valence-electron chi connectivity index (χ4n) is 1.32. The minimum atomic E-state index is -3.39. The zero-order valence-electron chi connectivity index (χ0n) is 8.83. The number of anilines is 1. The summed E-state index contributed by atoms with van der Waals surface area (Å²) < 4.78 is 24.4. The van der Waals surface area contributed by atoms with Gasteiger partial charge in [-0.1, -0.05) is 11.6 Å². The molecule has 0 aliphatic carbocycles. The van der Waals surface area contributed by atoms with E-state index in [1.165, 1.54) is 29.2 Å². The van der Waals surface area contributed by atoms with E-state index in [-0.39, 0.29) is 21.6 Å². The molecule has 2 aromatic heterocycles. The first-order chi connectivity index (χ1) is 7.89. The highest BCUT2D eigenvalue weighted by atomic mass is 35.5. The topological polar surface area (TPSA) is 90.9 Å². The first-order valence-electron chi connectivity index (χ1n) is 4.55. The second-order valence-corrected chi connectivity index (χ2v) is 5.80. The third-order valence-electron chi connectivity index (χ3n) is 2.06. The van der Waals surface area contributed by atoms with Crippen LogP contribution in [-0.2, 0) is 9.84 Å². The van der Waals surface area contributed by atoms with Gasteiger partial charge in [-0.2, -0.15) is 0 Å². The number of aromatic nitrogens is 3. The lowest BCUT2D eigenvalue weighted by molar-refractivity contribution is 0.600. The Hall–Kier alpha value is -1.60. The van der Waals surface area contributed by atoms with Crippen molar-refractivity contribution in [2.75, 3.05) is 12.0 Å². The van der Waals surface area contributed by atoms with Gasteiger partial charge in [0.15, 0.2) is 21.5 Å². The summed E-state index contributed by atoms with van der Waals surface area (Å²) in [6, 6.07) is 2.98. The molecule has 0 saturated carbocycles. The van der Waals surface area contributed by atoms with Crippen LogP contribution in [0.4, 0.5) is 5.82 Å². The van der Waals surface area contributed by atoms with E-state index in [0.29, 0.717) is 0 Å². The van der Waals surface area contributed by atoms with E-state index in [0.717, 1.165) is 6.26 Å². The molecule has 17 heavy (non-hydrogen) atoms. The van der Waals surface area contributed by atoms with Crippen LogP contribution in [0.1, 0.15) is 0 Å². The first kappa shape index (κ1) is 11.9. The fourth-order valence-corrected chi connectivity index (χ4v) is 2.25. The number of nitrogens with two attached hydrogens (primary N) is 1. The van der Waals surface area contributed by atoms with Crippen molar-refractivity contribution in [3.05, 3.63) is 29.5 Å². The van der Waals surface area contributed by atoms with Gasteiger partial charge in [0.1, 0.15) is 9.92 Å². The standard InChI is InChI=1S/C9H9ClN4O2S/c1-17(15,16)7-3-2-4-12-9(7)14-5-6(10)8(11)13-14/h2-5H,1H3,(H2,11,13). The molecular formula is C9H9ClN4O2S. The van der Waals surface area contributed by atoms with Gasteiger partial charge in [-0.25, -0.2) is 18.1 Å². The van der Waals surface area contributed by atoms with Gasteiger partial charge < -0.3 is 5.73 Å². The number of sulfone groups is 1. The lowest BCUT2D eigenvalue weighted by Gasteiger charge is -2.05. The molecule has 0 spiro atoms. The van der Waals surface area contributed by atoms with Gasteiger partial charge in [0.25, 0.3) is 0 Å². The van der Waals surface area contributed by atoms with Gasteiger partial charge in [0.2, 0.25) is 0 Å². The Morgan fingerprint density at radius 1 is 1.47 bits per heavy atom. The smallest absolute Gasteiger partial charge is 0.179 e. The van der Waals surface area contributed by atoms with E-state index in [4.69, 9.17) is 17.3 Å². The molecule has 0 radical (unpaired) electrons. The minimum Gasteiger partial charge on any atom is -0.381 e. The molecule has 0 aromatic carbocycles. The molecule has 0 aliphatic heterocycles. The number of halogens is 1. The molecule has 2 aromatic rings. The second-order valence-electron chi connectivity index (χ2n) is 3.40. The third kappa shape index (κ3) is 2.25. The van der Waals surface area contributed by atoms with Crippen LogP contribution in [0.15, 0.2) is 29.4 Å². The molecule has 2 heterocycles. The molecule has 0 fully saturated rings. The van der Waals surface area contributed by atoms with Crippen molar-refractivity contribution in [1.82, 2.24) is 14.8 Å². The summed E-state index contributed by atoms with van der Waals surface area (Å²) in [5.74, 6) is 0.297. The molecular weight excluding hydrogens is 264 g/mol. The molecule has 0 saturated heterocycles. The van der Waals surface area contributed by atoms with E-state index in [2.05, 4.69) is 10.1 Å². The predicted molar refractivity (Wildman–Crippen MR) is 63.9 cm³/mol. The molecule has 0 atom stereocenters. The van der Waals surface area contributed by atoms with Crippen molar-refractivity contribution in [3.63, 3.8) is 0 Å². The van der Waals surface area contributed by atoms with Gasteiger partial charge in [0.05, 0.1) is 6.20 Å². The Balaban J connectivity index is 2.68. The molecule has 2 rings (SSSR count). The molecule has 6 nitrogen and oxygen atoms in total. The summed E-state index contributed by atoms with van der Waals surface area (Å²) in [5.41, 5.74) is 5.50. The Bertz CT molecular complexity index is 646. The molecule has 0 aliphatic rings. The van der Waals surface area contributed by atoms with Gasteiger partial charge in [-0.3, -0.25) is 0 Å². The van der Waals surface area contributed by atoms with Crippen LogP contribution in [-0.4, -0.2) is 29.4 Å². The van der Waals surface area contributed by atoms with E-state index in [9.17, 15) is 8.42 Å². The Morgan fingerprint density at radius 3 is 2.71 bits per heavy atom. The van der Waals surface area contributed by atoms with E-state index in [1.807, 2.05) is 0 Å². The summed E-state index contributed by atoms with van der Waals surface area (Å²) in [6.07, 6.45) is 3.98. The number of hydrogen-bond donors (Lipinski definition) is 1. The highest BCUT2D eigenvalue weighted by Gasteiger charge is 2.17. The van der Waals surface area contributed by atoms with E-state index >= 15 is 0 Å². The number of pyridine rings is 1. The van der Waals surface area contributed by atoms with Gasteiger partial charge >= 0.3 is 0 Å². The van der Waals surface area contributed by atoms with Crippen LogP contribution < -0.4 is 5.73 Å². The quantitative estimate of drug-likeness (QED) is 0.877. The van der Waals surface area contributed by atoms with Crippen molar-refractivity contribution in [2.24, 2.45) is 0 Å². The fraction of sp³-hybridized carbons (Fsp3) is 0.111. The normalized spacial score (nSPS) is 11.6. The SMILES string of the molecule is CS(=O)(=O)c1cccnc1-n1cc(Cl)c(N)n1. The first-order valence-corrected chi connectivity index (χ1v) is 6.82. The molecule has 0 amide bonds. The van der Waals surface area contributed by atoms with Crippen LogP contribution in [0.5, 0.6) is 0 Å². The van der Waals surface area contributed by atoms with Crippen LogP contribution in [0.25, 0.3) is 5.82 Å². The zero-order valence-corrected chi connectivity index (χ0v) is 10.4. The minimum absolute atomic E-state index is 0.0687. The number of nitrogens with zero attached hydrogens (tertiary/aromatic N) is 3. The van der Waals surface area contributed by atoms with Crippen molar-refractivity contribution in [2.45, 2.75) is 4.90 Å². The van der Waals surface area contributed by atoms with Crippen LogP contribution >= 0.6 is 11.6 Å². The van der Waals surface area contributed by atoms with Crippen molar-refractivity contribution in [1.29, 1.82) is 0 Å². The van der Waals surface area contributed by atoms with Crippen molar-refractivity contribution < 1.29 is 8.42 Å². The number of hydrogen-bond acceptors (Lipinski definition) is 5. The summed E-state index contributed by atoms with van der Waals surface area (Å²) in [5, 5.41) is 4.14. The lowest BCUT2D eigenvalue weighted by Crippen LogP contribution is -2.08. The van der Waals surface area contributed by atoms with E-state index < -0.39 is 9.84 Å².